The zero-order chi connectivity index (χ0) is 11.7. The van der Waals surface area contributed by atoms with Gasteiger partial charge in [0.05, 0.1) is 8.66 Å². The molecule has 1 aromatic rings. The average Bonchev–Trinajstić information content (AvgIpc) is 2.85. The van der Waals surface area contributed by atoms with E-state index >= 15 is 0 Å². The standard InChI is InChI=1S/C11H15BrN2OS/c1-7-5-9(16-10(7)12)11(15)14-4-2-3-8(14)6-13/h5,8H,2-4,6,13H2,1H3. The molecule has 2 heterocycles. The molecular weight excluding hydrogens is 288 g/mol. The summed E-state index contributed by atoms with van der Waals surface area (Å²) >= 11 is 4.95. The Morgan fingerprint density at radius 3 is 3.06 bits per heavy atom. The van der Waals surface area contributed by atoms with Crippen LogP contribution in [0.15, 0.2) is 9.85 Å². The summed E-state index contributed by atoms with van der Waals surface area (Å²) in [5.74, 6) is 0.131. The Morgan fingerprint density at radius 1 is 1.75 bits per heavy atom. The van der Waals surface area contributed by atoms with Gasteiger partial charge in [0, 0.05) is 19.1 Å². The minimum Gasteiger partial charge on any atom is -0.334 e. The maximum atomic E-state index is 12.2. The molecule has 0 bridgehead atoms. The number of aryl methyl sites for hydroxylation is 1. The lowest BCUT2D eigenvalue weighted by atomic mass is 10.2. The van der Waals surface area contributed by atoms with Gasteiger partial charge in [-0.05, 0) is 47.3 Å². The van der Waals surface area contributed by atoms with E-state index in [2.05, 4.69) is 15.9 Å². The van der Waals surface area contributed by atoms with Crippen LogP contribution in [-0.2, 0) is 0 Å². The number of likely N-dealkylation sites (tertiary alicyclic amines) is 1. The highest BCUT2D eigenvalue weighted by Gasteiger charge is 2.29. The van der Waals surface area contributed by atoms with Gasteiger partial charge in [0.15, 0.2) is 0 Å². The molecule has 1 unspecified atom stereocenters. The van der Waals surface area contributed by atoms with Crippen molar-refractivity contribution >= 4 is 33.2 Å². The second kappa shape index (κ2) is 4.85. The quantitative estimate of drug-likeness (QED) is 0.912. The molecular formula is C11H15BrN2OS. The van der Waals surface area contributed by atoms with Crippen molar-refractivity contribution in [3.8, 4) is 0 Å². The fourth-order valence-corrected chi connectivity index (χ4v) is 3.55. The molecule has 88 valence electrons. The smallest absolute Gasteiger partial charge is 0.264 e. The van der Waals surface area contributed by atoms with E-state index in [4.69, 9.17) is 5.73 Å². The Balaban J connectivity index is 2.18. The van der Waals surface area contributed by atoms with Gasteiger partial charge in [-0.1, -0.05) is 0 Å². The third-order valence-corrected chi connectivity index (χ3v) is 5.10. The second-order valence-electron chi connectivity index (χ2n) is 4.10. The summed E-state index contributed by atoms with van der Waals surface area (Å²) in [5, 5.41) is 0. The molecule has 1 saturated heterocycles. The topological polar surface area (TPSA) is 46.3 Å². The molecule has 1 fully saturated rings. The summed E-state index contributed by atoms with van der Waals surface area (Å²) in [6.07, 6.45) is 2.10. The lowest BCUT2D eigenvalue weighted by molar-refractivity contribution is 0.0746. The van der Waals surface area contributed by atoms with E-state index in [0.717, 1.165) is 33.6 Å². The molecule has 0 spiro atoms. The van der Waals surface area contributed by atoms with Crippen LogP contribution in [0.3, 0.4) is 0 Å². The van der Waals surface area contributed by atoms with Gasteiger partial charge in [-0.2, -0.15) is 0 Å². The van der Waals surface area contributed by atoms with Gasteiger partial charge < -0.3 is 10.6 Å². The summed E-state index contributed by atoms with van der Waals surface area (Å²) in [6.45, 7) is 3.41. The van der Waals surface area contributed by atoms with Crippen LogP contribution < -0.4 is 5.73 Å². The maximum absolute atomic E-state index is 12.2. The number of carbonyl (C=O) groups is 1. The van der Waals surface area contributed by atoms with Crippen molar-refractivity contribution in [2.45, 2.75) is 25.8 Å². The highest BCUT2D eigenvalue weighted by molar-refractivity contribution is 9.11. The molecule has 1 aliphatic heterocycles. The van der Waals surface area contributed by atoms with Crippen molar-refractivity contribution in [1.29, 1.82) is 0 Å². The highest BCUT2D eigenvalue weighted by atomic mass is 79.9. The Kier molecular flexibility index (Phi) is 3.66. The summed E-state index contributed by atoms with van der Waals surface area (Å²) in [4.78, 5) is 15.0. The molecule has 3 nitrogen and oxygen atoms in total. The van der Waals surface area contributed by atoms with E-state index in [1.54, 1.807) is 0 Å². The van der Waals surface area contributed by atoms with E-state index < -0.39 is 0 Å². The molecule has 0 saturated carbocycles. The van der Waals surface area contributed by atoms with Crippen molar-refractivity contribution in [1.82, 2.24) is 4.90 Å². The molecule has 5 heteroatoms. The fourth-order valence-electron chi connectivity index (χ4n) is 2.05. The summed E-state index contributed by atoms with van der Waals surface area (Å²) in [5.41, 5.74) is 6.80. The number of hydrogen-bond acceptors (Lipinski definition) is 3. The summed E-state index contributed by atoms with van der Waals surface area (Å²) in [7, 11) is 0. The van der Waals surface area contributed by atoms with E-state index in [1.165, 1.54) is 11.3 Å². The van der Waals surface area contributed by atoms with Crippen molar-refractivity contribution in [2.24, 2.45) is 5.73 Å². The van der Waals surface area contributed by atoms with Crippen LogP contribution in [0.1, 0.15) is 28.1 Å². The Labute approximate surface area is 108 Å². The third-order valence-electron chi connectivity index (χ3n) is 2.98. The van der Waals surface area contributed by atoms with E-state index in [-0.39, 0.29) is 11.9 Å². The average molecular weight is 303 g/mol. The molecule has 0 aromatic carbocycles. The van der Waals surface area contributed by atoms with Gasteiger partial charge in [-0.15, -0.1) is 11.3 Å². The third kappa shape index (κ3) is 2.17. The number of halogens is 1. The van der Waals surface area contributed by atoms with Crippen molar-refractivity contribution in [2.75, 3.05) is 13.1 Å². The molecule has 2 N–H and O–H groups in total. The van der Waals surface area contributed by atoms with Gasteiger partial charge >= 0.3 is 0 Å². The molecule has 1 aromatic heterocycles. The van der Waals surface area contributed by atoms with Gasteiger partial charge in [0.25, 0.3) is 5.91 Å². The molecule has 2 rings (SSSR count). The SMILES string of the molecule is Cc1cc(C(=O)N2CCCC2CN)sc1Br. The number of carbonyl (C=O) groups excluding carboxylic acids is 1. The second-order valence-corrected chi connectivity index (χ2v) is 6.47. The van der Waals surface area contributed by atoms with Crippen LogP contribution in [0, 0.1) is 6.92 Å². The Morgan fingerprint density at radius 2 is 2.50 bits per heavy atom. The first-order chi connectivity index (χ1) is 7.63. The van der Waals surface area contributed by atoms with E-state index in [9.17, 15) is 4.79 Å². The number of nitrogens with two attached hydrogens (primary N) is 1. The minimum absolute atomic E-state index is 0.131. The number of thiophene rings is 1. The predicted molar refractivity (Wildman–Crippen MR) is 69.9 cm³/mol. The van der Waals surface area contributed by atoms with Gasteiger partial charge in [-0.3, -0.25) is 4.79 Å². The minimum atomic E-state index is 0.131. The summed E-state index contributed by atoms with van der Waals surface area (Å²) < 4.78 is 1.04. The molecule has 1 amide bonds. The van der Waals surface area contributed by atoms with Crippen LogP contribution in [0.25, 0.3) is 0 Å². The van der Waals surface area contributed by atoms with Crippen LogP contribution in [0.4, 0.5) is 0 Å². The molecule has 0 aliphatic carbocycles. The van der Waals surface area contributed by atoms with Gasteiger partial charge in [0.2, 0.25) is 0 Å². The van der Waals surface area contributed by atoms with Gasteiger partial charge in [0.1, 0.15) is 0 Å². The Hall–Kier alpha value is -0.390. The maximum Gasteiger partial charge on any atom is 0.264 e. The van der Waals surface area contributed by atoms with Crippen LogP contribution in [0.5, 0.6) is 0 Å². The lowest BCUT2D eigenvalue weighted by Crippen LogP contribution is -2.39. The summed E-state index contributed by atoms with van der Waals surface area (Å²) in [6, 6.07) is 2.18. The zero-order valence-electron chi connectivity index (χ0n) is 9.20. The number of nitrogens with zero attached hydrogens (tertiary/aromatic N) is 1. The zero-order valence-corrected chi connectivity index (χ0v) is 11.6. The lowest BCUT2D eigenvalue weighted by Gasteiger charge is -2.22. The first-order valence-corrected chi connectivity index (χ1v) is 7.01. The van der Waals surface area contributed by atoms with E-state index in [1.807, 2.05) is 17.9 Å². The first kappa shape index (κ1) is 12.1. The molecule has 0 radical (unpaired) electrons. The normalized spacial score (nSPS) is 20.4. The largest absolute Gasteiger partial charge is 0.334 e. The van der Waals surface area contributed by atoms with Crippen LogP contribution in [-0.4, -0.2) is 29.9 Å². The van der Waals surface area contributed by atoms with Crippen molar-refractivity contribution in [3.63, 3.8) is 0 Å². The number of amides is 1. The van der Waals surface area contributed by atoms with Crippen LogP contribution >= 0.6 is 27.3 Å². The first-order valence-electron chi connectivity index (χ1n) is 5.40. The molecule has 16 heavy (non-hydrogen) atoms. The van der Waals surface area contributed by atoms with E-state index in [0.29, 0.717) is 6.54 Å². The monoisotopic (exact) mass is 302 g/mol. The Bertz CT molecular complexity index is 385. The highest BCUT2D eigenvalue weighted by Crippen LogP contribution is 2.29. The fraction of sp³-hybridized carbons (Fsp3) is 0.545. The molecule has 1 atom stereocenters. The van der Waals surface area contributed by atoms with Crippen LogP contribution in [0.2, 0.25) is 0 Å². The predicted octanol–water partition coefficient (Wildman–Crippen LogP) is 2.38. The molecule has 1 aliphatic rings. The van der Waals surface area contributed by atoms with Crippen molar-refractivity contribution < 1.29 is 4.79 Å². The number of hydrogen-bond donors (Lipinski definition) is 1. The van der Waals surface area contributed by atoms with Crippen molar-refractivity contribution in [3.05, 3.63) is 20.3 Å². The number of rotatable bonds is 2. The van der Waals surface area contributed by atoms with Gasteiger partial charge in [-0.25, -0.2) is 0 Å².